The summed E-state index contributed by atoms with van der Waals surface area (Å²) in [7, 11) is 0. The average molecular weight is 113 g/mol. The van der Waals surface area contributed by atoms with Crippen LogP contribution in [-0.2, 0) is 0 Å². The van der Waals surface area contributed by atoms with E-state index in [2.05, 4.69) is 27.7 Å². The van der Waals surface area contributed by atoms with Gasteiger partial charge in [0.05, 0.1) is 25.7 Å². The normalized spacial score (nSPS) is 13.5. The van der Waals surface area contributed by atoms with E-state index in [1.54, 1.807) is 5.92 Å². The SMILES string of the molecule is CCCC(C)[C+](C)C. The van der Waals surface area contributed by atoms with Crippen LogP contribution in [0.1, 0.15) is 40.5 Å². The van der Waals surface area contributed by atoms with Gasteiger partial charge in [-0.3, -0.25) is 0 Å². The predicted molar refractivity (Wildman–Crippen MR) is 38.7 cm³/mol. The van der Waals surface area contributed by atoms with Crippen molar-refractivity contribution in [2.45, 2.75) is 40.5 Å². The van der Waals surface area contributed by atoms with E-state index in [0.717, 1.165) is 5.92 Å². The van der Waals surface area contributed by atoms with Crippen molar-refractivity contribution in [2.75, 3.05) is 0 Å². The second-order valence-corrected chi connectivity index (χ2v) is 2.77. The molecular weight excluding hydrogens is 96.1 g/mol. The maximum Gasteiger partial charge on any atom is 0.0968 e. The molecule has 8 heavy (non-hydrogen) atoms. The van der Waals surface area contributed by atoms with Crippen molar-refractivity contribution in [2.24, 2.45) is 5.92 Å². The molecule has 0 aliphatic rings. The molecule has 0 aromatic carbocycles. The highest BCUT2D eigenvalue weighted by Crippen LogP contribution is 2.16. The van der Waals surface area contributed by atoms with Gasteiger partial charge in [-0.25, -0.2) is 0 Å². The number of rotatable bonds is 3. The summed E-state index contributed by atoms with van der Waals surface area (Å²) in [5.74, 6) is 2.40. The zero-order chi connectivity index (χ0) is 6.57. The van der Waals surface area contributed by atoms with Gasteiger partial charge in [0.1, 0.15) is 0 Å². The Kier molecular flexibility index (Phi) is 3.76. The predicted octanol–water partition coefficient (Wildman–Crippen LogP) is 3.04. The van der Waals surface area contributed by atoms with Crippen LogP contribution >= 0.6 is 0 Å². The molecule has 0 N–H and O–H groups in total. The Morgan fingerprint density at radius 1 is 1.38 bits per heavy atom. The van der Waals surface area contributed by atoms with Crippen molar-refractivity contribution in [3.05, 3.63) is 5.92 Å². The van der Waals surface area contributed by atoms with Crippen LogP contribution in [0.2, 0.25) is 0 Å². The fourth-order valence-electron chi connectivity index (χ4n) is 0.722. The summed E-state index contributed by atoms with van der Waals surface area (Å²) in [6.07, 6.45) is 2.66. The Hall–Kier alpha value is -0.130. The van der Waals surface area contributed by atoms with Crippen molar-refractivity contribution >= 4 is 0 Å². The third-order valence-electron chi connectivity index (χ3n) is 1.71. The standard InChI is InChI=1S/C8H17/c1-5-6-8(4)7(2)3/h8H,5-6H2,1-4H3/q+1. The zero-order valence-corrected chi connectivity index (χ0v) is 6.49. The van der Waals surface area contributed by atoms with Crippen LogP contribution in [0.5, 0.6) is 0 Å². The van der Waals surface area contributed by atoms with Gasteiger partial charge in [0.2, 0.25) is 0 Å². The molecule has 0 aliphatic carbocycles. The quantitative estimate of drug-likeness (QED) is 0.493. The lowest BCUT2D eigenvalue weighted by atomic mass is 9.94. The molecule has 1 atom stereocenters. The van der Waals surface area contributed by atoms with Crippen molar-refractivity contribution < 1.29 is 0 Å². The first-order chi connectivity index (χ1) is 3.68. The molecule has 0 bridgehead atoms. The molecule has 0 spiro atoms. The lowest BCUT2D eigenvalue weighted by molar-refractivity contribution is 0.543. The molecule has 0 saturated carbocycles. The molecule has 0 saturated heterocycles. The zero-order valence-electron chi connectivity index (χ0n) is 6.49. The lowest BCUT2D eigenvalue weighted by Gasteiger charge is -2.02. The second-order valence-electron chi connectivity index (χ2n) is 2.77. The van der Waals surface area contributed by atoms with Gasteiger partial charge in [-0.15, -0.1) is 0 Å². The molecule has 0 fully saturated rings. The maximum atomic E-state index is 2.29. The van der Waals surface area contributed by atoms with Gasteiger partial charge in [-0.05, 0) is 13.3 Å². The monoisotopic (exact) mass is 113 g/mol. The van der Waals surface area contributed by atoms with Crippen LogP contribution in [0.25, 0.3) is 0 Å². The van der Waals surface area contributed by atoms with E-state index in [-0.39, 0.29) is 0 Å². The van der Waals surface area contributed by atoms with Crippen LogP contribution in [0.15, 0.2) is 0 Å². The fraction of sp³-hybridized carbons (Fsp3) is 0.875. The topological polar surface area (TPSA) is 0 Å². The Morgan fingerprint density at radius 2 is 1.88 bits per heavy atom. The average Bonchev–Trinajstić information content (AvgIpc) is 1.67. The number of hydrogen-bond donors (Lipinski definition) is 0. The summed E-state index contributed by atoms with van der Waals surface area (Å²) in [4.78, 5) is 0. The van der Waals surface area contributed by atoms with E-state index in [1.807, 2.05) is 0 Å². The summed E-state index contributed by atoms with van der Waals surface area (Å²) in [5, 5.41) is 0. The Balaban J connectivity index is 3.17. The molecule has 0 aromatic rings. The highest BCUT2D eigenvalue weighted by molar-refractivity contribution is 4.82. The molecule has 48 valence electrons. The minimum atomic E-state index is 0.833. The lowest BCUT2D eigenvalue weighted by Crippen LogP contribution is -1.99. The van der Waals surface area contributed by atoms with Gasteiger partial charge < -0.3 is 0 Å². The number of hydrogen-bond acceptors (Lipinski definition) is 0. The second kappa shape index (κ2) is 3.82. The third kappa shape index (κ3) is 2.95. The summed E-state index contributed by atoms with van der Waals surface area (Å²) in [5.41, 5.74) is 0. The highest BCUT2D eigenvalue weighted by atomic mass is 14.1. The van der Waals surface area contributed by atoms with Gasteiger partial charge in [-0.2, -0.15) is 0 Å². The van der Waals surface area contributed by atoms with Gasteiger partial charge in [-0.1, -0.05) is 13.3 Å². The molecular formula is C8H17+. The van der Waals surface area contributed by atoms with Crippen LogP contribution < -0.4 is 0 Å². The van der Waals surface area contributed by atoms with E-state index in [1.165, 1.54) is 12.8 Å². The fourth-order valence-corrected chi connectivity index (χ4v) is 0.722. The largest absolute Gasteiger partial charge is 0.0968 e. The summed E-state index contributed by atoms with van der Waals surface area (Å²) < 4.78 is 0. The summed E-state index contributed by atoms with van der Waals surface area (Å²) in [6, 6.07) is 0. The first-order valence-corrected chi connectivity index (χ1v) is 3.48. The minimum absolute atomic E-state index is 0.833. The van der Waals surface area contributed by atoms with Gasteiger partial charge in [0.25, 0.3) is 0 Å². The minimum Gasteiger partial charge on any atom is -0.0652 e. The molecule has 0 nitrogen and oxygen atoms in total. The van der Waals surface area contributed by atoms with Crippen molar-refractivity contribution in [3.63, 3.8) is 0 Å². The molecule has 0 aromatic heterocycles. The van der Waals surface area contributed by atoms with Crippen molar-refractivity contribution in [1.82, 2.24) is 0 Å². The van der Waals surface area contributed by atoms with Gasteiger partial charge in [0.15, 0.2) is 0 Å². The van der Waals surface area contributed by atoms with Crippen LogP contribution in [-0.4, -0.2) is 0 Å². The van der Waals surface area contributed by atoms with Crippen molar-refractivity contribution in [1.29, 1.82) is 0 Å². The molecule has 1 unspecified atom stereocenters. The molecule has 0 aliphatic heterocycles. The van der Waals surface area contributed by atoms with Crippen LogP contribution in [0.4, 0.5) is 0 Å². The third-order valence-corrected chi connectivity index (χ3v) is 1.71. The van der Waals surface area contributed by atoms with Gasteiger partial charge in [0, 0.05) is 0 Å². The molecule has 0 radical (unpaired) electrons. The Morgan fingerprint density at radius 3 is 2.00 bits per heavy atom. The smallest absolute Gasteiger partial charge is 0.0652 e. The van der Waals surface area contributed by atoms with Gasteiger partial charge >= 0.3 is 0 Å². The van der Waals surface area contributed by atoms with Crippen molar-refractivity contribution in [3.8, 4) is 0 Å². The van der Waals surface area contributed by atoms with E-state index in [4.69, 9.17) is 0 Å². The van der Waals surface area contributed by atoms with E-state index >= 15 is 0 Å². The van der Waals surface area contributed by atoms with Crippen LogP contribution in [0.3, 0.4) is 0 Å². The van der Waals surface area contributed by atoms with Crippen LogP contribution in [0, 0.1) is 11.8 Å². The molecule has 0 rings (SSSR count). The molecule has 0 heteroatoms. The summed E-state index contributed by atoms with van der Waals surface area (Å²) in [6.45, 7) is 8.94. The van der Waals surface area contributed by atoms with E-state index in [9.17, 15) is 0 Å². The molecule has 0 heterocycles. The first kappa shape index (κ1) is 7.87. The van der Waals surface area contributed by atoms with E-state index in [0.29, 0.717) is 0 Å². The Bertz CT molecular complexity index is 46.0. The summed E-state index contributed by atoms with van der Waals surface area (Å²) >= 11 is 0. The van der Waals surface area contributed by atoms with E-state index < -0.39 is 0 Å². The first-order valence-electron chi connectivity index (χ1n) is 3.48. The highest BCUT2D eigenvalue weighted by Gasteiger charge is 2.14. The Labute approximate surface area is 53.3 Å². The molecule has 0 amide bonds. The maximum absolute atomic E-state index is 2.29.